The van der Waals surface area contributed by atoms with Crippen molar-refractivity contribution in [3.05, 3.63) is 15.9 Å². The Labute approximate surface area is 119 Å². The summed E-state index contributed by atoms with van der Waals surface area (Å²) in [4.78, 5) is 0. The molecule has 7 heteroatoms. The molecule has 100 valence electrons. The summed E-state index contributed by atoms with van der Waals surface area (Å²) in [6.07, 6.45) is 2.52. The third kappa shape index (κ3) is 1.96. The highest BCUT2D eigenvalue weighted by Gasteiger charge is 2.47. The molecule has 0 aromatic carbocycles. The Kier molecular flexibility index (Phi) is 3.30. The minimum atomic E-state index is -3.41. The molecule has 3 heterocycles. The minimum absolute atomic E-state index is 0.0299. The van der Waals surface area contributed by atoms with Crippen LogP contribution in [0.2, 0.25) is 0 Å². The van der Waals surface area contributed by atoms with Gasteiger partial charge < -0.3 is 5.11 Å². The Balaban J connectivity index is 1.99. The van der Waals surface area contributed by atoms with Crippen molar-refractivity contribution in [2.24, 2.45) is 0 Å². The Morgan fingerprint density at radius 1 is 1.33 bits per heavy atom. The first kappa shape index (κ1) is 13.1. The molecule has 2 bridgehead atoms. The fourth-order valence-electron chi connectivity index (χ4n) is 3.06. The first-order valence-corrected chi connectivity index (χ1v) is 9.06. The maximum Gasteiger partial charge on any atom is 0.254 e. The number of rotatable bonds is 2. The molecule has 0 saturated carbocycles. The molecule has 0 amide bonds. The summed E-state index contributed by atoms with van der Waals surface area (Å²) in [5.74, 6) is 0. The van der Waals surface area contributed by atoms with E-state index in [4.69, 9.17) is 0 Å². The molecular formula is C11H14BrNO3S2. The van der Waals surface area contributed by atoms with Gasteiger partial charge in [-0.3, -0.25) is 0 Å². The number of thiophene rings is 1. The molecule has 2 aliphatic rings. The van der Waals surface area contributed by atoms with Crippen LogP contribution in [-0.4, -0.2) is 36.0 Å². The topological polar surface area (TPSA) is 57.6 Å². The summed E-state index contributed by atoms with van der Waals surface area (Å²) in [6.45, 7) is 0. The zero-order chi connectivity index (χ0) is 12.9. The van der Waals surface area contributed by atoms with Crippen LogP contribution >= 0.6 is 27.3 Å². The van der Waals surface area contributed by atoms with Gasteiger partial charge in [-0.25, -0.2) is 8.42 Å². The highest BCUT2D eigenvalue weighted by atomic mass is 79.9. The average molecular weight is 352 g/mol. The maximum absolute atomic E-state index is 12.7. The van der Waals surface area contributed by atoms with Gasteiger partial charge in [-0.15, -0.1) is 11.3 Å². The van der Waals surface area contributed by atoms with E-state index in [1.54, 1.807) is 15.8 Å². The van der Waals surface area contributed by atoms with Crippen molar-refractivity contribution in [1.29, 1.82) is 0 Å². The van der Waals surface area contributed by atoms with Crippen LogP contribution in [0.1, 0.15) is 25.7 Å². The number of halogens is 1. The molecule has 18 heavy (non-hydrogen) atoms. The number of nitrogens with zero attached hydrogens (tertiary/aromatic N) is 1. The number of fused-ring (bicyclic) bond motifs is 2. The van der Waals surface area contributed by atoms with Crippen molar-refractivity contribution < 1.29 is 13.5 Å². The highest BCUT2D eigenvalue weighted by Crippen LogP contribution is 2.42. The zero-order valence-electron chi connectivity index (χ0n) is 9.62. The van der Waals surface area contributed by atoms with E-state index in [2.05, 4.69) is 15.9 Å². The predicted octanol–water partition coefficient (Wildman–Crippen LogP) is 2.19. The molecule has 2 atom stereocenters. The van der Waals surface area contributed by atoms with Crippen LogP contribution in [0, 0.1) is 0 Å². The van der Waals surface area contributed by atoms with Crippen LogP contribution < -0.4 is 0 Å². The lowest BCUT2D eigenvalue weighted by Gasteiger charge is -2.35. The zero-order valence-corrected chi connectivity index (χ0v) is 12.8. The van der Waals surface area contributed by atoms with E-state index in [0.29, 0.717) is 21.5 Å². The smallest absolute Gasteiger partial charge is 0.254 e. The molecule has 0 aliphatic carbocycles. The largest absolute Gasteiger partial charge is 0.393 e. The van der Waals surface area contributed by atoms with E-state index in [1.165, 1.54) is 11.3 Å². The van der Waals surface area contributed by atoms with Crippen LogP contribution in [0.3, 0.4) is 0 Å². The molecule has 4 nitrogen and oxygen atoms in total. The molecule has 1 N–H and O–H groups in total. The van der Waals surface area contributed by atoms with E-state index in [1.807, 2.05) is 0 Å². The summed E-state index contributed by atoms with van der Waals surface area (Å²) in [7, 11) is -3.41. The lowest BCUT2D eigenvalue weighted by atomic mass is 10.0. The molecule has 2 aliphatic heterocycles. The van der Waals surface area contributed by atoms with Gasteiger partial charge in [-0.2, -0.15) is 4.31 Å². The Morgan fingerprint density at radius 3 is 2.44 bits per heavy atom. The third-order valence-corrected chi connectivity index (χ3v) is 8.39. The van der Waals surface area contributed by atoms with Gasteiger partial charge in [-0.1, -0.05) is 0 Å². The normalized spacial score (nSPS) is 32.9. The van der Waals surface area contributed by atoms with Gasteiger partial charge in [-0.05, 0) is 53.1 Å². The van der Waals surface area contributed by atoms with Gasteiger partial charge >= 0.3 is 0 Å². The number of aliphatic hydroxyl groups excluding tert-OH is 1. The number of hydrogen-bond donors (Lipinski definition) is 1. The van der Waals surface area contributed by atoms with Crippen molar-refractivity contribution >= 4 is 37.3 Å². The van der Waals surface area contributed by atoms with Crippen LogP contribution in [0.4, 0.5) is 0 Å². The van der Waals surface area contributed by atoms with Gasteiger partial charge in [0.05, 0.1) is 6.10 Å². The lowest BCUT2D eigenvalue weighted by Crippen LogP contribution is -2.47. The number of hydrogen-bond acceptors (Lipinski definition) is 4. The Bertz CT molecular complexity index is 542. The number of aliphatic hydroxyl groups is 1. The molecule has 1 aromatic heterocycles. The summed E-state index contributed by atoms with van der Waals surface area (Å²) >= 11 is 4.54. The van der Waals surface area contributed by atoms with Crippen molar-refractivity contribution in [3.8, 4) is 0 Å². The van der Waals surface area contributed by atoms with E-state index < -0.39 is 10.0 Å². The Morgan fingerprint density at radius 2 is 1.94 bits per heavy atom. The maximum atomic E-state index is 12.7. The van der Waals surface area contributed by atoms with Crippen LogP contribution in [0.25, 0.3) is 0 Å². The molecule has 1 aromatic rings. The lowest BCUT2D eigenvalue weighted by molar-refractivity contribution is 0.0769. The second-order valence-corrected chi connectivity index (χ2v) is 8.71. The van der Waals surface area contributed by atoms with E-state index in [9.17, 15) is 13.5 Å². The van der Waals surface area contributed by atoms with Crippen LogP contribution in [0.5, 0.6) is 0 Å². The fourth-order valence-corrected chi connectivity index (χ4v) is 7.35. The van der Waals surface area contributed by atoms with Crippen molar-refractivity contribution in [3.63, 3.8) is 0 Å². The van der Waals surface area contributed by atoms with Gasteiger partial charge in [0.2, 0.25) is 0 Å². The summed E-state index contributed by atoms with van der Waals surface area (Å²) < 4.78 is 28.0. The standard InChI is InChI=1S/C11H14BrNO3S2/c12-10-3-4-17-11(10)18(15,16)13-7-1-2-8(13)6-9(14)5-7/h3-4,7-9,14H,1-2,5-6H2. The monoisotopic (exact) mass is 351 g/mol. The SMILES string of the molecule is O=S(=O)(c1sccc1Br)N1C2CCC1CC(O)C2. The second-order valence-electron chi connectivity index (χ2n) is 4.90. The van der Waals surface area contributed by atoms with E-state index in [0.717, 1.165) is 12.8 Å². The molecule has 0 spiro atoms. The second kappa shape index (κ2) is 4.56. The summed E-state index contributed by atoms with van der Waals surface area (Å²) in [5, 5.41) is 11.5. The molecule has 2 fully saturated rings. The summed E-state index contributed by atoms with van der Waals surface area (Å²) in [5.41, 5.74) is 0. The average Bonchev–Trinajstić information content (AvgIpc) is 2.82. The van der Waals surface area contributed by atoms with E-state index in [-0.39, 0.29) is 18.2 Å². The Hall–Kier alpha value is 0.0500. The van der Waals surface area contributed by atoms with E-state index >= 15 is 0 Å². The van der Waals surface area contributed by atoms with Gasteiger partial charge in [0, 0.05) is 16.6 Å². The van der Waals surface area contributed by atoms with Crippen LogP contribution in [-0.2, 0) is 10.0 Å². The molecule has 2 saturated heterocycles. The highest BCUT2D eigenvalue weighted by molar-refractivity contribution is 9.10. The first-order valence-electron chi connectivity index (χ1n) is 5.94. The first-order chi connectivity index (χ1) is 8.50. The molecule has 0 radical (unpaired) electrons. The van der Waals surface area contributed by atoms with Crippen molar-refractivity contribution in [2.45, 2.75) is 48.1 Å². The summed E-state index contributed by atoms with van der Waals surface area (Å²) in [6, 6.07) is 1.70. The third-order valence-electron chi connectivity index (χ3n) is 3.74. The van der Waals surface area contributed by atoms with Gasteiger partial charge in [0.15, 0.2) is 0 Å². The van der Waals surface area contributed by atoms with Crippen LogP contribution in [0.15, 0.2) is 20.1 Å². The molecule has 3 rings (SSSR count). The quantitative estimate of drug-likeness (QED) is 0.888. The van der Waals surface area contributed by atoms with Gasteiger partial charge in [0.1, 0.15) is 4.21 Å². The fraction of sp³-hybridized carbons (Fsp3) is 0.636. The number of sulfonamides is 1. The van der Waals surface area contributed by atoms with Crippen molar-refractivity contribution in [1.82, 2.24) is 4.31 Å². The number of piperidine rings is 1. The minimum Gasteiger partial charge on any atom is -0.393 e. The molecular weight excluding hydrogens is 338 g/mol. The van der Waals surface area contributed by atoms with Gasteiger partial charge in [0.25, 0.3) is 10.0 Å². The molecule has 2 unspecified atom stereocenters. The van der Waals surface area contributed by atoms with Crippen molar-refractivity contribution in [2.75, 3.05) is 0 Å². The predicted molar refractivity (Wildman–Crippen MR) is 73.1 cm³/mol.